The molecule has 0 aliphatic heterocycles. The molecule has 0 spiro atoms. The molecule has 0 aliphatic rings. The molecule has 166 valence electrons. The summed E-state index contributed by atoms with van der Waals surface area (Å²) >= 11 is 0. The number of aromatic nitrogens is 3. The van der Waals surface area contributed by atoms with Gasteiger partial charge in [0.15, 0.2) is 11.5 Å². The number of nitrogens with two attached hydrogens (primary N) is 2. The summed E-state index contributed by atoms with van der Waals surface area (Å²) < 4.78 is 13.4. The second kappa shape index (κ2) is 9.18. The summed E-state index contributed by atoms with van der Waals surface area (Å²) in [5, 5.41) is 13.5. The van der Waals surface area contributed by atoms with E-state index < -0.39 is 11.7 Å². The number of nitrogens with zero attached hydrogens (tertiary/aromatic N) is 3. The molecule has 3 aromatic carbocycles. The van der Waals surface area contributed by atoms with Crippen LogP contribution in [0.25, 0.3) is 5.69 Å². The van der Waals surface area contributed by atoms with Crippen LogP contribution in [0.15, 0.2) is 72.8 Å². The zero-order valence-electron chi connectivity index (χ0n) is 17.3. The maximum atomic E-state index is 13.4. The van der Waals surface area contributed by atoms with Gasteiger partial charge in [-0.25, -0.2) is 4.39 Å². The van der Waals surface area contributed by atoms with Crippen molar-refractivity contribution in [3.63, 3.8) is 0 Å². The van der Waals surface area contributed by atoms with E-state index in [1.807, 2.05) is 0 Å². The molecular formula is C23H20FN7O2. The number of nitrogens with one attached hydrogen (secondary N) is 2. The van der Waals surface area contributed by atoms with Gasteiger partial charge in [0.1, 0.15) is 5.82 Å². The van der Waals surface area contributed by atoms with Crippen LogP contribution in [0.4, 0.5) is 21.6 Å². The molecule has 0 bridgehead atoms. The van der Waals surface area contributed by atoms with Crippen molar-refractivity contribution in [3.05, 3.63) is 95.4 Å². The SMILES string of the molecule is Nc1ccccc1NC(=O)c1ccc(CNC(=O)c2nn(-c3cccc(F)c3)nc2N)cc1. The average Bonchev–Trinajstić information content (AvgIpc) is 3.21. The summed E-state index contributed by atoms with van der Waals surface area (Å²) in [6.45, 7) is 0.179. The fraction of sp³-hybridized carbons (Fsp3) is 0.0435. The standard InChI is InChI=1S/C23H20FN7O2/c24-16-4-3-5-17(12-16)31-29-20(21(26)30-31)23(33)27-13-14-8-10-15(11-9-14)22(32)28-19-7-2-1-6-18(19)25/h1-12H,13,25H2,(H2,26,30)(H,27,33)(H,28,32). The van der Waals surface area contributed by atoms with Crippen LogP contribution >= 0.6 is 0 Å². The molecule has 0 saturated heterocycles. The van der Waals surface area contributed by atoms with Crippen molar-refractivity contribution in [2.75, 3.05) is 16.8 Å². The first-order valence-electron chi connectivity index (χ1n) is 9.92. The zero-order valence-corrected chi connectivity index (χ0v) is 17.3. The van der Waals surface area contributed by atoms with Crippen LogP contribution in [0.2, 0.25) is 0 Å². The molecule has 0 fully saturated rings. The van der Waals surface area contributed by atoms with Gasteiger partial charge in [0.05, 0.1) is 17.1 Å². The minimum atomic E-state index is -0.531. The number of carbonyl (C=O) groups is 2. The maximum absolute atomic E-state index is 13.4. The molecule has 0 aliphatic carbocycles. The topological polar surface area (TPSA) is 141 Å². The van der Waals surface area contributed by atoms with Crippen LogP contribution < -0.4 is 22.1 Å². The maximum Gasteiger partial charge on any atom is 0.275 e. The van der Waals surface area contributed by atoms with Gasteiger partial charge in [0.2, 0.25) is 0 Å². The fourth-order valence-corrected chi connectivity index (χ4v) is 3.04. The second-order valence-corrected chi connectivity index (χ2v) is 7.12. The number of amides is 2. The number of carbonyl (C=O) groups excluding carboxylic acids is 2. The van der Waals surface area contributed by atoms with Gasteiger partial charge in [-0.2, -0.15) is 0 Å². The highest BCUT2D eigenvalue weighted by Crippen LogP contribution is 2.18. The van der Waals surface area contributed by atoms with E-state index in [2.05, 4.69) is 20.8 Å². The van der Waals surface area contributed by atoms with Crippen LogP contribution in [-0.2, 0) is 6.54 Å². The Balaban J connectivity index is 1.38. The summed E-state index contributed by atoms with van der Waals surface area (Å²) in [5.74, 6) is -1.37. The van der Waals surface area contributed by atoms with Gasteiger partial charge in [-0.1, -0.05) is 30.3 Å². The van der Waals surface area contributed by atoms with Crippen molar-refractivity contribution in [3.8, 4) is 5.69 Å². The highest BCUT2D eigenvalue weighted by Gasteiger charge is 2.17. The molecule has 9 nitrogen and oxygen atoms in total. The monoisotopic (exact) mass is 445 g/mol. The van der Waals surface area contributed by atoms with Crippen LogP contribution in [0.1, 0.15) is 26.4 Å². The van der Waals surface area contributed by atoms with E-state index in [-0.39, 0.29) is 24.0 Å². The quantitative estimate of drug-likeness (QED) is 0.336. The van der Waals surface area contributed by atoms with Crippen molar-refractivity contribution in [2.24, 2.45) is 0 Å². The highest BCUT2D eigenvalue weighted by atomic mass is 19.1. The van der Waals surface area contributed by atoms with Crippen LogP contribution in [0, 0.1) is 5.82 Å². The van der Waals surface area contributed by atoms with Crippen molar-refractivity contribution in [2.45, 2.75) is 6.54 Å². The normalized spacial score (nSPS) is 10.6. The third-order valence-corrected chi connectivity index (χ3v) is 4.77. The Bertz CT molecular complexity index is 1320. The highest BCUT2D eigenvalue weighted by molar-refractivity contribution is 6.05. The van der Waals surface area contributed by atoms with E-state index in [4.69, 9.17) is 11.5 Å². The molecule has 0 saturated carbocycles. The van der Waals surface area contributed by atoms with Gasteiger partial charge in [-0.05, 0) is 42.0 Å². The lowest BCUT2D eigenvalue weighted by Gasteiger charge is -2.09. The predicted molar refractivity (Wildman–Crippen MR) is 122 cm³/mol. The van der Waals surface area contributed by atoms with Crippen LogP contribution in [-0.4, -0.2) is 26.8 Å². The predicted octanol–water partition coefficient (Wildman–Crippen LogP) is 2.75. The molecule has 10 heteroatoms. The molecule has 2 amide bonds. The minimum absolute atomic E-state index is 0.0734. The fourth-order valence-electron chi connectivity index (χ4n) is 3.04. The number of halogens is 1. The Labute approximate surface area is 188 Å². The number of hydrogen-bond donors (Lipinski definition) is 4. The number of rotatable bonds is 6. The van der Waals surface area contributed by atoms with Gasteiger partial charge in [-0.15, -0.1) is 15.0 Å². The molecule has 0 radical (unpaired) electrons. The third-order valence-electron chi connectivity index (χ3n) is 4.77. The summed E-state index contributed by atoms with van der Waals surface area (Å²) in [6, 6.07) is 19.3. The zero-order chi connectivity index (χ0) is 23.4. The number of anilines is 3. The van der Waals surface area contributed by atoms with Crippen LogP contribution in [0.5, 0.6) is 0 Å². The summed E-state index contributed by atoms with van der Waals surface area (Å²) in [5.41, 5.74) is 14.1. The molecule has 6 N–H and O–H groups in total. The van der Waals surface area contributed by atoms with Crippen molar-refractivity contribution < 1.29 is 14.0 Å². The average molecular weight is 445 g/mol. The number of nitrogen functional groups attached to an aromatic ring is 2. The molecule has 0 unspecified atom stereocenters. The van der Waals surface area contributed by atoms with Crippen LogP contribution in [0.3, 0.4) is 0 Å². The van der Waals surface area contributed by atoms with E-state index in [9.17, 15) is 14.0 Å². The van der Waals surface area contributed by atoms with Gasteiger partial charge >= 0.3 is 0 Å². The molecule has 1 aromatic heterocycles. The lowest BCUT2D eigenvalue weighted by atomic mass is 10.1. The van der Waals surface area contributed by atoms with E-state index in [1.54, 1.807) is 54.6 Å². The first-order chi connectivity index (χ1) is 15.9. The Morgan fingerprint density at radius 3 is 2.39 bits per heavy atom. The third kappa shape index (κ3) is 4.96. The Morgan fingerprint density at radius 2 is 1.67 bits per heavy atom. The van der Waals surface area contributed by atoms with Crippen molar-refractivity contribution in [1.29, 1.82) is 0 Å². The summed E-state index contributed by atoms with van der Waals surface area (Å²) in [7, 11) is 0. The first-order valence-corrected chi connectivity index (χ1v) is 9.92. The largest absolute Gasteiger partial charge is 0.397 e. The molecule has 4 aromatic rings. The summed E-state index contributed by atoms with van der Waals surface area (Å²) in [6.07, 6.45) is 0. The molecule has 1 heterocycles. The number of hydrogen-bond acceptors (Lipinski definition) is 6. The lowest BCUT2D eigenvalue weighted by Crippen LogP contribution is -2.24. The van der Waals surface area contributed by atoms with E-state index in [0.29, 0.717) is 22.6 Å². The van der Waals surface area contributed by atoms with Gasteiger partial charge in [0.25, 0.3) is 11.8 Å². The molecule has 33 heavy (non-hydrogen) atoms. The number of benzene rings is 3. The lowest BCUT2D eigenvalue weighted by molar-refractivity contribution is 0.0945. The van der Waals surface area contributed by atoms with Gasteiger partial charge in [-0.3, -0.25) is 9.59 Å². The Kier molecular flexibility index (Phi) is 5.98. The summed E-state index contributed by atoms with van der Waals surface area (Å²) in [4.78, 5) is 26.0. The first kappa shape index (κ1) is 21.5. The number of para-hydroxylation sites is 2. The second-order valence-electron chi connectivity index (χ2n) is 7.12. The minimum Gasteiger partial charge on any atom is -0.397 e. The molecule has 4 rings (SSSR count). The van der Waals surface area contributed by atoms with Gasteiger partial charge in [0, 0.05) is 18.2 Å². The van der Waals surface area contributed by atoms with E-state index in [0.717, 1.165) is 10.4 Å². The smallest absolute Gasteiger partial charge is 0.275 e. The van der Waals surface area contributed by atoms with Crippen molar-refractivity contribution in [1.82, 2.24) is 20.3 Å². The molecular weight excluding hydrogens is 425 g/mol. The van der Waals surface area contributed by atoms with E-state index in [1.165, 1.54) is 18.2 Å². The van der Waals surface area contributed by atoms with Crippen molar-refractivity contribution >= 4 is 29.0 Å². The van der Waals surface area contributed by atoms with E-state index >= 15 is 0 Å². The van der Waals surface area contributed by atoms with Gasteiger partial charge < -0.3 is 22.1 Å². The molecule has 0 atom stereocenters. The Morgan fingerprint density at radius 1 is 0.909 bits per heavy atom. The Hall–Kier alpha value is -4.73.